The summed E-state index contributed by atoms with van der Waals surface area (Å²) in [6.45, 7) is 3.78. The molecule has 0 atom stereocenters. The molecule has 0 fully saturated rings. The maximum atomic E-state index is 13.6. The van der Waals surface area contributed by atoms with Crippen LogP contribution in [0.2, 0.25) is 0 Å². The number of nitrogen functional groups attached to an aromatic ring is 1. The van der Waals surface area contributed by atoms with Gasteiger partial charge in [0.2, 0.25) is 0 Å². The number of anilines is 3. The number of benzene rings is 2. The molecule has 3 nitrogen and oxygen atoms in total. The second-order valence-electron chi connectivity index (χ2n) is 4.63. The molecule has 0 amide bonds. The molecule has 3 N–H and O–H groups in total. The first-order valence-corrected chi connectivity index (χ1v) is 6.24. The van der Waals surface area contributed by atoms with Gasteiger partial charge in [-0.15, -0.1) is 0 Å². The lowest BCUT2D eigenvalue weighted by Gasteiger charge is -2.16. The number of ether oxygens (including phenoxy) is 1. The fraction of sp³-hybridized carbons (Fsp3) is 0.200. The van der Waals surface area contributed by atoms with Gasteiger partial charge in [0.1, 0.15) is 17.4 Å². The van der Waals surface area contributed by atoms with Crippen molar-refractivity contribution in [1.82, 2.24) is 0 Å². The van der Waals surface area contributed by atoms with E-state index in [1.165, 1.54) is 12.1 Å². The van der Waals surface area contributed by atoms with E-state index in [0.29, 0.717) is 17.1 Å². The Balaban J connectivity index is 2.29. The standard InChI is InChI=1S/C15H16F2N2O/c1-9(2)20-14-5-3-4-13(15(14)18)19-12-7-6-10(16)8-11(12)17/h3-9,19H,18H2,1-2H3. The number of hydrogen-bond donors (Lipinski definition) is 2. The van der Waals surface area contributed by atoms with Gasteiger partial charge in [0, 0.05) is 6.07 Å². The Morgan fingerprint density at radius 2 is 1.85 bits per heavy atom. The number of para-hydroxylation sites is 1. The molecule has 0 bridgehead atoms. The molecule has 106 valence electrons. The average molecular weight is 278 g/mol. The number of nitrogens with two attached hydrogens (primary N) is 1. The number of nitrogens with one attached hydrogen (secondary N) is 1. The summed E-state index contributed by atoms with van der Waals surface area (Å²) in [5, 5.41) is 2.83. The van der Waals surface area contributed by atoms with Gasteiger partial charge in [0.05, 0.1) is 23.2 Å². The van der Waals surface area contributed by atoms with Crippen LogP contribution in [0.15, 0.2) is 36.4 Å². The third-order valence-electron chi connectivity index (χ3n) is 2.63. The molecule has 0 aliphatic carbocycles. The minimum atomic E-state index is -0.681. The fourth-order valence-electron chi connectivity index (χ4n) is 1.75. The first-order chi connectivity index (χ1) is 9.47. The second-order valence-corrected chi connectivity index (χ2v) is 4.63. The molecule has 0 aliphatic rings. The Bertz CT molecular complexity index is 615. The van der Waals surface area contributed by atoms with Crippen LogP contribution in [0.4, 0.5) is 25.8 Å². The average Bonchev–Trinajstić information content (AvgIpc) is 2.36. The van der Waals surface area contributed by atoms with Gasteiger partial charge in [0.15, 0.2) is 0 Å². The lowest BCUT2D eigenvalue weighted by Crippen LogP contribution is -2.08. The highest BCUT2D eigenvalue weighted by Gasteiger charge is 2.10. The summed E-state index contributed by atoms with van der Waals surface area (Å²) in [7, 11) is 0. The van der Waals surface area contributed by atoms with E-state index >= 15 is 0 Å². The van der Waals surface area contributed by atoms with Gasteiger partial charge in [-0.3, -0.25) is 0 Å². The van der Waals surface area contributed by atoms with Crippen molar-refractivity contribution in [1.29, 1.82) is 0 Å². The van der Waals surface area contributed by atoms with Crippen LogP contribution in [0.5, 0.6) is 5.75 Å². The Labute approximate surface area is 116 Å². The summed E-state index contributed by atoms with van der Waals surface area (Å²) in [5.41, 5.74) is 7.02. The predicted molar refractivity (Wildman–Crippen MR) is 76.3 cm³/mol. The molecule has 0 aromatic heterocycles. The zero-order valence-electron chi connectivity index (χ0n) is 11.3. The topological polar surface area (TPSA) is 47.3 Å². The van der Waals surface area contributed by atoms with E-state index in [0.717, 1.165) is 6.07 Å². The van der Waals surface area contributed by atoms with E-state index in [-0.39, 0.29) is 11.8 Å². The fourth-order valence-corrected chi connectivity index (χ4v) is 1.75. The molecule has 5 heteroatoms. The van der Waals surface area contributed by atoms with Crippen LogP contribution in [0.25, 0.3) is 0 Å². The van der Waals surface area contributed by atoms with E-state index in [1.54, 1.807) is 18.2 Å². The van der Waals surface area contributed by atoms with Crippen molar-refractivity contribution in [3.05, 3.63) is 48.0 Å². The Morgan fingerprint density at radius 1 is 1.10 bits per heavy atom. The zero-order chi connectivity index (χ0) is 14.7. The highest BCUT2D eigenvalue weighted by molar-refractivity contribution is 5.77. The van der Waals surface area contributed by atoms with Crippen LogP contribution in [0.1, 0.15) is 13.8 Å². The van der Waals surface area contributed by atoms with Gasteiger partial charge in [0.25, 0.3) is 0 Å². The van der Waals surface area contributed by atoms with Crippen molar-refractivity contribution in [3.8, 4) is 5.75 Å². The van der Waals surface area contributed by atoms with Crippen LogP contribution < -0.4 is 15.8 Å². The third kappa shape index (κ3) is 3.17. The number of rotatable bonds is 4. The van der Waals surface area contributed by atoms with Crippen molar-refractivity contribution in [2.45, 2.75) is 20.0 Å². The van der Waals surface area contributed by atoms with Crippen molar-refractivity contribution < 1.29 is 13.5 Å². The van der Waals surface area contributed by atoms with E-state index in [4.69, 9.17) is 10.5 Å². The maximum absolute atomic E-state index is 13.6. The lowest BCUT2D eigenvalue weighted by atomic mass is 10.2. The first-order valence-electron chi connectivity index (χ1n) is 6.24. The molecular formula is C15H16F2N2O. The molecule has 2 rings (SSSR count). The first kappa shape index (κ1) is 14.1. The molecule has 0 unspecified atom stereocenters. The zero-order valence-corrected chi connectivity index (χ0v) is 11.3. The molecule has 0 aliphatic heterocycles. The molecule has 0 saturated heterocycles. The third-order valence-corrected chi connectivity index (χ3v) is 2.63. The minimum absolute atomic E-state index is 0.0184. The molecule has 2 aromatic rings. The Morgan fingerprint density at radius 3 is 2.50 bits per heavy atom. The van der Waals surface area contributed by atoms with E-state index in [2.05, 4.69) is 5.32 Å². The summed E-state index contributed by atoms with van der Waals surface area (Å²) in [5.74, 6) is -0.787. The lowest BCUT2D eigenvalue weighted by molar-refractivity contribution is 0.244. The van der Waals surface area contributed by atoms with Crippen molar-refractivity contribution >= 4 is 17.1 Å². The normalized spacial score (nSPS) is 10.7. The monoisotopic (exact) mass is 278 g/mol. The molecule has 2 aromatic carbocycles. The van der Waals surface area contributed by atoms with Crippen LogP contribution >= 0.6 is 0 Å². The van der Waals surface area contributed by atoms with Crippen molar-refractivity contribution in [3.63, 3.8) is 0 Å². The molecule has 20 heavy (non-hydrogen) atoms. The van der Waals surface area contributed by atoms with Crippen LogP contribution in [-0.2, 0) is 0 Å². The molecule has 0 spiro atoms. The van der Waals surface area contributed by atoms with Crippen LogP contribution in [0, 0.1) is 11.6 Å². The summed E-state index contributed by atoms with van der Waals surface area (Å²) in [6.07, 6.45) is -0.0184. The van der Waals surface area contributed by atoms with Crippen LogP contribution in [-0.4, -0.2) is 6.10 Å². The number of hydrogen-bond acceptors (Lipinski definition) is 3. The van der Waals surface area contributed by atoms with Gasteiger partial charge in [-0.05, 0) is 38.1 Å². The number of halogens is 2. The Kier molecular flexibility index (Phi) is 4.08. The summed E-state index contributed by atoms with van der Waals surface area (Å²) < 4.78 is 32.0. The van der Waals surface area contributed by atoms with Gasteiger partial charge in [-0.25, -0.2) is 8.78 Å². The van der Waals surface area contributed by atoms with Crippen LogP contribution in [0.3, 0.4) is 0 Å². The summed E-state index contributed by atoms with van der Waals surface area (Å²) in [4.78, 5) is 0. The summed E-state index contributed by atoms with van der Waals surface area (Å²) >= 11 is 0. The van der Waals surface area contributed by atoms with Gasteiger partial charge in [-0.2, -0.15) is 0 Å². The Hall–Kier alpha value is -2.30. The van der Waals surface area contributed by atoms with E-state index < -0.39 is 11.6 Å². The highest BCUT2D eigenvalue weighted by Crippen LogP contribution is 2.32. The second kappa shape index (κ2) is 5.77. The largest absolute Gasteiger partial charge is 0.489 e. The summed E-state index contributed by atoms with van der Waals surface area (Å²) in [6, 6.07) is 8.49. The molecule has 0 saturated carbocycles. The van der Waals surface area contributed by atoms with Gasteiger partial charge < -0.3 is 15.8 Å². The molecular weight excluding hydrogens is 262 g/mol. The maximum Gasteiger partial charge on any atom is 0.149 e. The SMILES string of the molecule is CC(C)Oc1cccc(Nc2ccc(F)cc2F)c1N. The van der Waals surface area contributed by atoms with Gasteiger partial charge in [-0.1, -0.05) is 6.07 Å². The quantitative estimate of drug-likeness (QED) is 0.828. The van der Waals surface area contributed by atoms with Gasteiger partial charge >= 0.3 is 0 Å². The van der Waals surface area contributed by atoms with E-state index in [9.17, 15) is 8.78 Å². The smallest absolute Gasteiger partial charge is 0.149 e. The van der Waals surface area contributed by atoms with Crippen molar-refractivity contribution in [2.24, 2.45) is 0 Å². The highest BCUT2D eigenvalue weighted by atomic mass is 19.1. The molecule has 0 heterocycles. The molecule has 0 radical (unpaired) electrons. The van der Waals surface area contributed by atoms with E-state index in [1.807, 2.05) is 13.8 Å². The van der Waals surface area contributed by atoms with Crippen molar-refractivity contribution in [2.75, 3.05) is 11.1 Å². The minimum Gasteiger partial charge on any atom is -0.489 e. The predicted octanol–water partition coefficient (Wildman–Crippen LogP) is 4.08.